The fraction of sp³-hybridized carbons (Fsp3) is 0.778. The van der Waals surface area contributed by atoms with Crippen molar-refractivity contribution in [3.8, 4) is 0 Å². The van der Waals surface area contributed by atoms with E-state index < -0.39 is 0 Å². The van der Waals surface area contributed by atoms with Crippen LogP contribution < -0.4 is 0 Å². The fourth-order valence-corrected chi connectivity index (χ4v) is 2.27. The van der Waals surface area contributed by atoms with Gasteiger partial charge in [0, 0.05) is 5.92 Å². The molecular formula is C9H14O. The Bertz CT molecular complexity index is 151. The normalized spacial score (nSPS) is 45.5. The van der Waals surface area contributed by atoms with E-state index in [-0.39, 0.29) is 6.10 Å². The van der Waals surface area contributed by atoms with Crippen LogP contribution in [0.25, 0.3) is 0 Å². The van der Waals surface area contributed by atoms with Gasteiger partial charge in [-0.3, -0.25) is 0 Å². The first-order valence-electron chi connectivity index (χ1n) is 4.22. The summed E-state index contributed by atoms with van der Waals surface area (Å²) in [5.41, 5.74) is 0. The van der Waals surface area contributed by atoms with E-state index in [0.717, 1.165) is 12.3 Å². The largest absolute Gasteiger partial charge is 0.393 e. The van der Waals surface area contributed by atoms with E-state index >= 15 is 0 Å². The molecule has 56 valence electrons. The molecule has 2 aliphatic carbocycles. The van der Waals surface area contributed by atoms with Crippen molar-refractivity contribution >= 4 is 0 Å². The molecule has 0 aromatic rings. The van der Waals surface area contributed by atoms with Crippen LogP contribution in [0.5, 0.6) is 0 Å². The highest BCUT2D eigenvalue weighted by atomic mass is 16.3. The van der Waals surface area contributed by atoms with Crippen LogP contribution in [0.2, 0.25) is 0 Å². The third kappa shape index (κ3) is 0.891. The monoisotopic (exact) mass is 138 g/mol. The van der Waals surface area contributed by atoms with Crippen LogP contribution in [-0.4, -0.2) is 11.2 Å². The van der Waals surface area contributed by atoms with Crippen LogP contribution in [0.1, 0.15) is 25.7 Å². The number of fused-ring (bicyclic) bond motifs is 1. The first-order chi connectivity index (χ1) is 4.88. The standard InChI is InChI=1S/C9H14O/c10-9-6-5-7-3-1-2-4-8(7)9/h2,4,7-10H,1,3,5-6H2/t7-,8+,9-/m1/s1. The van der Waals surface area contributed by atoms with Gasteiger partial charge in [-0.15, -0.1) is 0 Å². The first kappa shape index (κ1) is 6.41. The molecule has 0 spiro atoms. The molecule has 0 aromatic carbocycles. The van der Waals surface area contributed by atoms with Gasteiger partial charge < -0.3 is 5.11 Å². The highest BCUT2D eigenvalue weighted by Crippen LogP contribution is 2.38. The maximum Gasteiger partial charge on any atom is 0.0605 e. The lowest BCUT2D eigenvalue weighted by atomic mass is 9.86. The van der Waals surface area contributed by atoms with E-state index in [1.165, 1.54) is 19.3 Å². The van der Waals surface area contributed by atoms with Crippen LogP contribution in [0.3, 0.4) is 0 Å². The second-order valence-electron chi connectivity index (χ2n) is 3.49. The van der Waals surface area contributed by atoms with Gasteiger partial charge in [-0.05, 0) is 31.6 Å². The second kappa shape index (κ2) is 2.39. The van der Waals surface area contributed by atoms with Gasteiger partial charge >= 0.3 is 0 Å². The molecule has 1 heteroatoms. The highest BCUT2D eigenvalue weighted by Gasteiger charge is 2.33. The maximum atomic E-state index is 9.47. The van der Waals surface area contributed by atoms with Crippen LogP contribution in [0.15, 0.2) is 12.2 Å². The number of hydrogen-bond acceptors (Lipinski definition) is 1. The minimum atomic E-state index is -0.0263. The molecule has 2 rings (SSSR count). The smallest absolute Gasteiger partial charge is 0.0605 e. The third-order valence-electron chi connectivity index (χ3n) is 2.88. The summed E-state index contributed by atoms with van der Waals surface area (Å²) in [6.07, 6.45) is 9.21. The topological polar surface area (TPSA) is 20.2 Å². The first-order valence-corrected chi connectivity index (χ1v) is 4.22. The van der Waals surface area contributed by atoms with Crippen molar-refractivity contribution in [2.45, 2.75) is 31.8 Å². The zero-order valence-corrected chi connectivity index (χ0v) is 6.16. The molecule has 3 atom stereocenters. The molecule has 0 radical (unpaired) electrons. The van der Waals surface area contributed by atoms with E-state index in [1.807, 2.05) is 0 Å². The molecule has 2 aliphatic rings. The number of hydrogen-bond donors (Lipinski definition) is 1. The average molecular weight is 138 g/mol. The Balaban J connectivity index is 2.13. The molecule has 1 nitrogen and oxygen atoms in total. The Hall–Kier alpha value is -0.300. The summed E-state index contributed by atoms with van der Waals surface area (Å²) < 4.78 is 0. The minimum absolute atomic E-state index is 0.0263. The zero-order chi connectivity index (χ0) is 6.97. The average Bonchev–Trinajstić information content (AvgIpc) is 2.34. The SMILES string of the molecule is O[C@@H]1CC[C@H]2CCC=C[C@@H]21. The molecule has 1 N–H and O–H groups in total. The van der Waals surface area contributed by atoms with Crippen LogP contribution in [-0.2, 0) is 0 Å². The molecule has 1 fully saturated rings. The Morgan fingerprint density at radius 2 is 2.10 bits per heavy atom. The quantitative estimate of drug-likeness (QED) is 0.505. The van der Waals surface area contributed by atoms with Crippen molar-refractivity contribution in [2.24, 2.45) is 11.8 Å². The molecule has 0 aromatic heterocycles. The lowest BCUT2D eigenvalue weighted by Gasteiger charge is -2.21. The van der Waals surface area contributed by atoms with E-state index in [9.17, 15) is 5.11 Å². The van der Waals surface area contributed by atoms with Crippen molar-refractivity contribution in [3.63, 3.8) is 0 Å². The number of rotatable bonds is 0. The molecule has 0 bridgehead atoms. The fourth-order valence-electron chi connectivity index (χ4n) is 2.27. The predicted octanol–water partition coefficient (Wildman–Crippen LogP) is 1.72. The van der Waals surface area contributed by atoms with Gasteiger partial charge in [-0.25, -0.2) is 0 Å². The summed E-state index contributed by atoms with van der Waals surface area (Å²) in [5, 5.41) is 9.47. The highest BCUT2D eigenvalue weighted by molar-refractivity contribution is 5.03. The van der Waals surface area contributed by atoms with Gasteiger partial charge in [0.25, 0.3) is 0 Å². The summed E-state index contributed by atoms with van der Waals surface area (Å²) in [6, 6.07) is 0. The Labute approximate surface area is 61.8 Å². The lowest BCUT2D eigenvalue weighted by Crippen LogP contribution is -2.18. The second-order valence-corrected chi connectivity index (χ2v) is 3.49. The van der Waals surface area contributed by atoms with Crippen molar-refractivity contribution in [1.82, 2.24) is 0 Å². The maximum absolute atomic E-state index is 9.47. The molecule has 10 heavy (non-hydrogen) atoms. The van der Waals surface area contributed by atoms with Crippen molar-refractivity contribution in [3.05, 3.63) is 12.2 Å². The van der Waals surface area contributed by atoms with Gasteiger partial charge in [0.15, 0.2) is 0 Å². The predicted molar refractivity (Wildman–Crippen MR) is 40.6 cm³/mol. The van der Waals surface area contributed by atoms with Gasteiger partial charge in [0.05, 0.1) is 6.10 Å². The Morgan fingerprint density at radius 3 is 2.90 bits per heavy atom. The number of aliphatic hydroxyl groups is 1. The molecular weight excluding hydrogens is 124 g/mol. The number of aliphatic hydroxyl groups excluding tert-OH is 1. The third-order valence-corrected chi connectivity index (χ3v) is 2.88. The minimum Gasteiger partial charge on any atom is -0.393 e. The van der Waals surface area contributed by atoms with Gasteiger partial charge in [-0.1, -0.05) is 12.2 Å². The summed E-state index contributed by atoms with van der Waals surface area (Å²) in [7, 11) is 0. The van der Waals surface area contributed by atoms with E-state index in [2.05, 4.69) is 12.2 Å². The lowest BCUT2D eigenvalue weighted by molar-refractivity contribution is 0.138. The number of allylic oxidation sites excluding steroid dienone is 1. The van der Waals surface area contributed by atoms with Crippen LogP contribution in [0.4, 0.5) is 0 Å². The Kier molecular flexibility index (Phi) is 1.53. The van der Waals surface area contributed by atoms with Gasteiger partial charge in [0.2, 0.25) is 0 Å². The van der Waals surface area contributed by atoms with Gasteiger partial charge in [0.1, 0.15) is 0 Å². The zero-order valence-electron chi connectivity index (χ0n) is 6.16. The van der Waals surface area contributed by atoms with E-state index in [1.54, 1.807) is 0 Å². The Morgan fingerprint density at radius 1 is 1.20 bits per heavy atom. The molecule has 0 aliphatic heterocycles. The molecule has 0 amide bonds. The van der Waals surface area contributed by atoms with Crippen LogP contribution in [0, 0.1) is 11.8 Å². The van der Waals surface area contributed by atoms with Crippen molar-refractivity contribution in [1.29, 1.82) is 0 Å². The molecule has 1 saturated carbocycles. The molecule has 0 heterocycles. The summed E-state index contributed by atoms with van der Waals surface area (Å²) in [4.78, 5) is 0. The summed E-state index contributed by atoms with van der Waals surface area (Å²) in [5.74, 6) is 1.31. The summed E-state index contributed by atoms with van der Waals surface area (Å²) in [6.45, 7) is 0. The molecule has 0 saturated heterocycles. The van der Waals surface area contributed by atoms with E-state index in [0.29, 0.717) is 5.92 Å². The van der Waals surface area contributed by atoms with E-state index in [4.69, 9.17) is 0 Å². The van der Waals surface area contributed by atoms with Crippen molar-refractivity contribution < 1.29 is 5.11 Å². The van der Waals surface area contributed by atoms with Crippen LogP contribution >= 0.6 is 0 Å². The summed E-state index contributed by atoms with van der Waals surface area (Å²) >= 11 is 0. The van der Waals surface area contributed by atoms with Crippen molar-refractivity contribution in [2.75, 3.05) is 0 Å². The van der Waals surface area contributed by atoms with Gasteiger partial charge in [-0.2, -0.15) is 0 Å². The molecule has 0 unspecified atom stereocenters.